The average molecular weight is 284 g/mol. The minimum absolute atomic E-state index is 0.0249. The Labute approximate surface area is 120 Å². The minimum Gasteiger partial charge on any atom is -0.462 e. The SMILES string of the molecule is COCC(C(=O)OC1CCCC1)C(=O)OC1CCCC1. The molecule has 5 nitrogen and oxygen atoms in total. The van der Waals surface area contributed by atoms with E-state index in [1.165, 1.54) is 7.11 Å². The zero-order valence-corrected chi connectivity index (χ0v) is 12.1. The number of hydrogen-bond donors (Lipinski definition) is 0. The molecule has 0 aliphatic heterocycles. The van der Waals surface area contributed by atoms with Gasteiger partial charge in [0.05, 0.1) is 6.61 Å². The highest BCUT2D eigenvalue weighted by Crippen LogP contribution is 2.24. The molecule has 0 unspecified atom stereocenters. The highest BCUT2D eigenvalue weighted by molar-refractivity contribution is 5.95. The first-order chi connectivity index (χ1) is 9.70. The van der Waals surface area contributed by atoms with Crippen molar-refractivity contribution in [3.8, 4) is 0 Å². The molecule has 2 rings (SSSR count). The standard InChI is InChI=1S/C15H24O5/c1-18-10-13(14(16)19-11-6-2-3-7-11)15(17)20-12-8-4-5-9-12/h11-13H,2-10H2,1H3. The number of carbonyl (C=O) groups is 2. The Morgan fingerprint density at radius 2 is 1.30 bits per heavy atom. The molecule has 2 aliphatic carbocycles. The fraction of sp³-hybridized carbons (Fsp3) is 0.867. The highest BCUT2D eigenvalue weighted by Gasteiger charge is 2.34. The van der Waals surface area contributed by atoms with Crippen LogP contribution in [-0.4, -0.2) is 37.9 Å². The summed E-state index contributed by atoms with van der Waals surface area (Å²) in [4.78, 5) is 24.2. The van der Waals surface area contributed by atoms with E-state index in [1.54, 1.807) is 0 Å². The normalized spacial score (nSPS) is 20.5. The molecule has 0 atom stereocenters. The van der Waals surface area contributed by atoms with E-state index in [4.69, 9.17) is 14.2 Å². The van der Waals surface area contributed by atoms with Crippen molar-refractivity contribution in [2.24, 2.45) is 5.92 Å². The van der Waals surface area contributed by atoms with Gasteiger partial charge in [-0.15, -0.1) is 0 Å². The zero-order chi connectivity index (χ0) is 14.4. The molecule has 114 valence electrons. The smallest absolute Gasteiger partial charge is 0.323 e. The first kappa shape index (κ1) is 15.3. The molecule has 0 aromatic carbocycles. The molecule has 0 bridgehead atoms. The van der Waals surface area contributed by atoms with Crippen molar-refractivity contribution in [1.29, 1.82) is 0 Å². The summed E-state index contributed by atoms with van der Waals surface area (Å²) < 4.78 is 15.8. The van der Waals surface area contributed by atoms with Crippen LogP contribution in [0.3, 0.4) is 0 Å². The minimum atomic E-state index is -0.943. The number of hydrogen-bond acceptors (Lipinski definition) is 5. The van der Waals surface area contributed by atoms with Crippen LogP contribution < -0.4 is 0 Å². The van der Waals surface area contributed by atoms with Gasteiger partial charge < -0.3 is 14.2 Å². The lowest BCUT2D eigenvalue weighted by Crippen LogP contribution is -2.35. The molecule has 0 spiro atoms. The Kier molecular flexibility index (Phi) is 5.83. The molecule has 5 heteroatoms. The Morgan fingerprint density at radius 3 is 1.65 bits per heavy atom. The van der Waals surface area contributed by atoms with Crippen LogP contribution in [0.15, 0.2) is 0 Å². The molecular formula is C15H24O5. The van der Waals surface area contributed by atoms with Crippen LogP contribution >= 0.6 is 0 Å². The summed E-state index contributed by atoms with van der Waals surface area (Å²) >= 11 is 0. The van der Waals surface area contributed by atoms with Crippen molar-refractivity contribution < 1.29 is 23.8 Å². The summed E-state index contributed by atoms with van der Waals surface area (Å²) in [5.74, 6) is -1.94. The molecule has 2 fully saturated rings. The maximum absolute atomic E-state index is 12.1. The summed E-state index contributed by atoms with van der Waals surface area (Å²) in [5, 5.41) is 0. The second-order valence-corrected chi connectivity index (χ2v) is 5.69. The van der Waals surface area contributed by atoms with Gasteiger partial charge in [-0.2, -0.15) is 0 Å². The number of rotatable bonds is 6. The maximum Gasteiger partial charge on any atom is 0.323 e. The first-order valence-corrected chi connectivity index (χ1v) is 7.60. The summed E-state index contributed by atoms with van der Waals surface area (Å²) in [7, 11) is 1.47. The van der Waals surface area contributed by atoms with E-state index in [0.29, 0.717) is 0 Å². The van der Waals surface area contributed by atoms with Crippen molar-refractivity contribution >= 4 is 11.9 Å². The highest BCUT2D eigenvalue weighted by atomic mass is 16.6. The second kappa shape index (κ2) is 7.62. The molecule has 0 radical (unpaired) electrons. The van der Waals surface area contributed by atoms with Crippen LogP contribution in [0.4, 0.5) is 0 Å². The van der Waals surface area contributed by atoms with Gasteiger partial charge in [0.25, 0.3) is 0 Å². The van der Waals surface area contributed by atoms with Crippen LogP contribution in [0, 0.1) is 5.92 Å². The van der Waals surface area contributed by atoms with Crippen molar-refractivity contribution in [1.82, 2.24) is 0 Å². The van der Waals surface area contributed by atoms with Crippen LogP contribution in [-0.2, 0) is 23.8 Å². The van der Waals surface area contributed by atoms with Crippen LogP contribution in [0.2, 0.25) is 0 Å². The Bertz CT molecular complexity index is 299. The van der Waals surface area contributed by atoms with Crippen molar-refractivity contribution in [2.75, 3.05) is 13.7 Å². The van der Waals surface area contributed by atoms with E-state index >= 15 is 0 Å². The molecule has 0 amide bonds. The Morgan fingerprint density at radius 1 is 0.900 bits per heavy atom. The van der Waals surface area contributed by atoms with Crippen molar-refractivity contribution in [2.45, 2.75) is 63.6 Å². The third kappa shape index (κ3) is 4.20. The van der Waals surface area contributed by atoms with Crippen LogP contribution in [0.25, 0.3) is 0 Å². The number of ether oxygens (including phenoxy) is 3. The lowest BCUT2D eigenvalue weighted by molar-refractivity contribution is -0.170. The second-order valence-electron chi connectivity index (χ2n) is 5.69. The summed E-state index contributed by atoms with van der Waals surface area (Å²) in [6.45, 7) is 0.0249. The molecule has 2 aliphatic rings. The lowest BCUT2D eigenvalue weighted by Gasteiger charge is -2.19. The van der Waals surface area contributed by atoms with Crippen LogP contribution in [0.5, 0.6) is 0 Å². The monoisotopic (exact) mass is 284 g/mol. The van der Waals surface area contributed by atoms with Gasteiger partial charge in [0.1, 0.15) is 12.2 Å². The third-order valence-electron chi connectivity index (χ3n) is 4.07. The number of carbonyl (C=O) groups excluding carboxylic acids is 2. The van der Waals surface area contributed by atoms with Gasteiger partial charge >= 0.3 is 11.9 Å². The average Bonchev–Trinajstić information content (AvgIpc) is 3.09. The lowest BCUT2D eigenvalue weighted by atomic mass is 10.1. The predicted octanol–water partition coefficient (Wildman–Crippen LogP) is 2.22. The molecule has 0 heterocycles. The van der Waals surface area contributed by atoms with Crippen molar-refractivity contribution in [3.63, 3.8) is 0 Å². The Balaban J connectivity index is 1.86. The number of esters is 2. The van der Waals surface area contributed by atoms with Gasteiger partial charge in [-0.1, -0.05) is 0 Å². The largest absolute Gasteiger partial charge is 0.462 e. The molecule has 2 saturated carbocycles. The zero-order valence-electron chi connectivity index (χ0n) is 12.1. The summed E-state index contributed by atoms with van der Waals surface area (Å²) in [6.07, 6.45) is 7.82. The van der Waals surface area contributed by atoms with Gasteiger partial charge in [0, 0.05) is 7.11 Å². The van der Waals surface area contributed by atoms with E-state index in [2.05, 4.69) is 0 Å². The van der Waals surface area contributed by atoms with E-state index in [0.717, 1.165) is 51.4 Å². The quantitative estimate of drug-likeness (QED) is 0.553. The van der Waals surface area contributed by atoms with Gasteiger partial charge in [-0.05, 0) is 51.4 Å². The van der Waals surface area contributed by atoms with Gasteiger partial charge in [-0.3, -0.25) is 9.59 Å². The molecule has 0 N–H and O–H groups in total. The van der Waals surface area contributed by atoms with Gasteiger partial charge in [0.15, 0.2) is 5.92 Å². The Hall–Kier alpha value is -1.10. The first-order valence-electron chi connectivity index (χ1n) is 7.60. The fourth-order valence-electron chi connectivity index (χ4n) is 2.90. The van der Waals surface area contributed by atoms with Crippen LogP contribution in [0.1, 0.15) is 51.4 Å². The summed E-state index contributed by atoms with van der Waals surface area (Å²) in [6, 6.07) is 0. The topological polar surface area (TPSA) is 61.8 Å². The molecule has 20 heavy (non-hydrogen) atoms. The van der Waals surface area contributed by atoms with E-state index in [9.17, 15) is 9.59 Å². The van der Waals surface area contributed by atoms with E-state index in [1.807, 2.05) is 0 Å². The molecular weight excluding hydrogens is 260 g/mol. The van der Waals surface area contributed by atoms with Gasteiger partial charge in [0.2, 0.25) is 0 Å². The number of methoxy groups -OCH3 is 1. The van der Waals surface area contributed by atoms with Crippen molar-refractivity contribution in [3.05, 3.63) is 0 Å². The fourth-order valence-corrected chi connectivity index (χ4v) is 2.90. The molecule has 0 aromatic heterocycles. The van der Waals surface area contributed by atoms with E-state index in [-0.39, 0.29) is 18.8 Å². The third-order valence-corrected chi connectivity index (χ3v) is 4.07. The predicted molar refractivity (Wildman–Crippen MR) is 72.1 cm³/mol. The molecule has 0 saturated heterocycles. The van der Waals surface area contributed by atoms with E-state index < -0.39 is 17.9 Å². The molecule has 0 aromatic rings. The van der Waals surface area contributed by atoms with Gasteiger partial charge in [-0.25, -0.2) is 0 Å². The maximum atomic E-state index is 12.1. The summed E-state index contributed by atoms with van der Waals surface area (Å²) in [5.41, 5.74) is 0.